The minimum atomic E-state index is -3.18. The van der Waals surface area contributed by atoms with Crippen molar-refractivity contribution in [2.45, 2.75) is 38.9 Å². The highest BCUT2D eigenvalue weighted by Gasteiger charge is 2.25. The topological polar surface area (TPSA) is 57.0 Å². The van der Waals surface area contributed by atoms with Crippen LogP contribution in [0.2, 0.25) is 0 Å². The standard InChI is InChI=1S/C17H31N3O3S/c1-14(18(2)3)15-8-10-20(11-9-15)13-17-7-6-16(23-17)12-19(4)24(5,21)22/h6-7,14-15H,8-13H2,1-5H3/t14-/m1/s1. The van der Waals surface area contributed by atoms with Crippen molar-refractivity contribution in [1.29, 1.82) is 0 Å². The van der Waals surface area contributed by atoms with E-state index in [-0.39, 0.29) is 6.54 Å². The van der Waals surface area contributed by atoms with Crippen molar-refractivity contribution in [3.8, 4) is 0 Å². The van der Waals surface area contributed by atoms with Gasteiger partial charge in [-0.25, -0.2) is 8.42 Å². The fourth-order valence-corrected chi connectivity index (χ4v) is 3.53. The normalized spacial score (nSPS) is 19.3. The lowest BCUT2D eigenvalue weighted by molar-refractivity contribution is 0.115. The Balaban J connectivity index is 1.84. The molecule has 0 amide bonds. The fraction of sp³-hybridized carbons (Fsp3) is 0.765. The molecule has 2 heterocycles. The van der Waals surface area contributed by atoms with E-state index < -0.39 is 10.0 Å². The maximum Gasteiger partial charge on any atom is 0.211 e. The Kier molecular flexibility index (Phi) is 6.47. The summed E-state index contributed by atoms with van der Waals surface area (Å²) in [7, 11) is 2.68. The molecule has 7 heteroatoms. The quantitative estimate of drug-likeness (QED) is 0.745. The third-order valence-corrected chi connectivity index (χ3v) is 6.43. The van der Waals surface area contributed by atoms with E-state index in [4.69, 9.17) is 4.42 Å². The molecule has 1 saturated heterocycles. The van der Waals surface area contributed by atoms with Gasteiger partial charge >= 0.3 is 0 Å². The van der Waals surface area contributed by atoms with Crippen molar-refractivity contribution in [1.82, 2.24) is 14.1 Å². The van der Waals surface area contributed by atoms with Crippen molar-refractivity contribution in [2.24, 2.45) is 5.92 Å². The summed E-state index contributed by atoms with van der Waals surface area (Å²) in [6.07, 6.45) is 3.63. The zero-order chi connectivity index (χ0) is 17.9. The highest BCUT2D eigenvalue weighted by Crippen LogP contribution is 2.24. The van der Waals surface area contributed by atoms with Gasteiger partial charge in [-0.15, -0.1) is 0 Å². The maximum absolute atomic E-state index is 11.5. The smallest absolute Gasteiger partial charge is 0.211 e. The number of nitrogens with zero attached hydrogens (tertiary/aromatic N) is 3. The van der Waals surface area contributed by atoms with Gasteiger partial charge in [0.25, 0.3) is 0 Å². The average Bonchev–Trinajstić information content (AvgIpc) is 2.93. The first-order valence-electron chi connectivity index (χ1n) is 8.54. The van der Waals surface area contributed by atoms with Gasteiger partial charge in [0.2, 0.25) is 10.0 Å². The Morgan fingerprint density at radius 3 is 2.33 bits per heavy atom. The summed E-state index contributed by atoms with van der Waals surface area (Å²) in [5, 5.41) is 0. The van der Waals surface area contributed by atoms with E-state index in [1.807, 2.05) is 12.1 Å². The Hall–Kier alpha value is -0.890. The number of piperidine rings is 1. The molecule has 1 fully saturated rings. The van der Waals surface area contributed by atoms with E-state index in [0.717, 1.165) is 31.3 Å². The summed E-state index contributed by atoms with van der Waals surface area (Å²) in [5.41, 5.74) is 0. The molecule has 24 heavy (non-hydrogen) atoms. The van der Waals surface area contributed by atoms with Crippen molar-refractivity contribution < 1.29 is 12.8 Å². The molecular weight excluding hydrogens is 326 g/mol. The van der Waals surface area contributed by atoms with Gasteiger partial charge in [-0.2, -0.15) is 4.31 Å². The van der Waals surface area contributed by atoms with Gasteiger partial charge in [0.05, 0.1) is 19.3 Å². The minimum Gasteiger partial charge on any atom is -0.463 e. The highest BCUT2D eigenvalue weighted by atomic mass is 32.2. The molecule has 1 aromatic heterocycles. The lowest BCUT2D eigenvalue weighted by atomic mass is 9.90. The third-order valence-electron chi connectivity index (χ3n) is 5.17. The number of furan rings is 1. The molecular formula is C17H31N3O3S. The lowest BCUT2D eigenvalue weighted by Crippen LogP contribution is -2.41. The van der Waals surface area contributed by atoms with E-state index in [0.29, 0.717) is 11.8 Å². The number of likely N-dealkylation sites (tertiary alicyclic amines) is 1. The van der Waals surface area contributed by atoms with Gasteiger partial charge in [0, 0.05) is 13.1 Å². The molecule has 0 saturated carbocycles. The van der Waals surface area contributed by atoms with Crippen molar-refractivity contribution in [3.63, 3.8) is 0 Å². The van der Waals surface area contributed by atoms with Crippen LogP contribution in [0, 0.1) is 5.92 Å². The predicted molar refractivity (Wildman–Crippen MR) is 96.2 cm³/mol. The molecule has 0 bridgehead atoms. The molecule has 6 nitrogen and oxygen atoms in total. The molecule has 0 spiro atoms. The van der Waals surface area contributed by atoms with Crippen LogP contribution in [0.25, 0.3) is 0 Å². The van der Waals surface area contributed by atoms with Crippen LogP contribution in [0.3, 0.4) is 0 Å². The van der Waals surface area contributed by atoms with Crippen molar-refractivity contribution >= 4 is 10.0 Å². The first kappa shape index (κ1) is 19.4. The van der Waals surface area contributed by atoms with Gasteiger partial charge in [-0.1, -0.05) is 0 Å². The molecule has 2 rings (SSSR count). The summed E-state index contributed by atoms with van der Waals surface area (Å²) in [4.78, 5) is 4.72. The lowest BCUT2D eigenvalue weighted by Gasteiger charge is -2.36. The Morgan fingerprint density at radius 2 is 1.79 bits per heavy atom. The summed E-state index contributed by atoms with van der Waals surface area (Å²) in [5.74, 6) is 2.35. The molecule has 1 atom stereocenters. The van der Waals surface area contributed by atoms with Crippen LogP contribution in [-0.4, -0.2) is 69.1 Å². The number of sulfonamides is 1. The van der Waals surface area contributed by atoms with E-state index in [1.54, 1.807) is 7.05 Å². The van der Waals surface area contributed by atoms with Crippen LogP contribution in [0.4, 0.5) is 0 Å². The second-order valence-corrected chi connectivity index (χ2v) is 9.29. The minimum absolute atomic E-state index is 0.279. The van der Waals surface area contributed by atoms with E-state index in [2.05, 4.69) is 30.8 Å². The van der Waals surface area contributed by atoms with E-state index in [9.17, 15) is 8.42 Å². The van der Waals surface area contributed by atoms with Gasteiger partial charge in [-0.05, 0) is 65.0 Å². The molecule has 0 aromatic carbocycles. The van der Waals surface area contributed by atoms with Crippen molar-refractivity contribution in [2.75, 3.05) is 40.5 Å². The molecule has 1 aliphatic rings. The Morgan fingerprint density at radius 1 is 1.21 bits per heavy atom. The van der Waals surface area contributed by atoms with Crippen molar-refractivity contribution in [3.05, 3.63) is 23.7 Å². The van der Waals surface area contributed by atoms with Crippen LogP contribution in [0.1, 0.15) is 31.3 Å². The first-order chi connectivity index (χ1) is 11.2. The molecule has 0 aliphatic carbocycles. The van der Waals surface area contributed by atoms with Gasteiger partial charge in [0.1, 0.15) is 11.5 Å². The summed E-state index contributed by atoms with van der Waals surface area (Å²) in [6, 6.07) is 4.45. The van der Waals surface area contributed by atoms with Crippen LogP contribution >= 0.6 is 0 Å². The van der Waals surface area contributed by atoms with E-state index >= 15 is 0 Å². The van der Waals surface area contributed by atoms with Gasteiger partial charge < -0.3 is 9.32 Å². The molecule has 0 unspecified atom stereocenters. The predicted octanol–water partition coefficient (Wildman–Crippen LogP) is 1.83. The highest BCUT2D eigenvalue weighted by molar-refractivity contribution is 7.88. The zero-order valence-corrected chi connectivity index (χ0v) is 16.3. The monoisotopic (exact) mass is 357 g/mol. The fourth-order valence-electron chi connectivity index (χ4n) is 3.16. The van der Waals surface area contributed by atoms with Gasteiger partial charge in [-0.3, -0.25) is 4.90 Å². The van der Waals surface area contributed by atoms with Gasteiger partial charge in [0.15, 0.2) is 0 Å². The molecule has 0 N–H and O–H groups in total. The van der Waals surface area contributed by atoms with Crippen LogP contribution in [0.5, 0.6) is 0 Å². The number of hydrogen-bond acceptors (Lipinski definition) is 5. The van der Waals surface area contributed by atoms with Crippen LogP contribution in [-0.2, 0) is 23.1 Å². The van der Waals surface area contributed by atoms with E-state index in [1.165, 1.54) is 23.4 Å². The van der Waals surface area contributed by atoms with Crippen LogP contribution in [0.15, 0.2) is 16.5 Å². The number of rotatable bonds is 7. The number of hydrogen-bond donors (Lipinski definition) is 0. The average molecular weight is 358 g/mol. The Bertz CT molecular complexity index is 619. The second-order valence-electron chi connectivity index (χ2n) is 7.20. The molecule has 0 radical (unpaired) electrons. The van der Waals surface area contributed by atoms with Crippen LogP contribution < -0.4 is 0 Å². The molecule has 1 aromatic rings. The second kappa shape index (κ2) is 7.99. The summed E-state index contributed by atoms with van der Waals surface area (Å²) in [6.45, 7) is 5.55. The maximum atomic E-state index is 11.5. The third kappa shape index (κ3) is 5.31. The zero-order valence-electron chi connectivity index (χ0n) is 15.5. The molecule has 138 valence electrons. The summed E-state index contributed by atoms with van der Waals surface area (Å²) < 4.78 is 30.0. The Labute approximate surface area is 146 Å². The molecule has 1 aliphatic heterocycles. The first-order valence-corrected chi connectivity index (χ1v) is 10.4. The largest absolute Gasteiger partial charge is 0.463 e. The SMILES string of the molecule is C[C@H](C1CCN(Cc2ccc(CN(C)S(C)(=O)=O)o2)CC1)N(C)C. The summed E-state index contributed by atoms with van der Waals surface area (Å²) >= 11 is 0.